The molecule has 0 aliphatic heterocycles. The van der Waals surface area contributed by atoms with E-state index in [1.54, 1.807) is 18.3 Å². The maximum absolute atomic E-state index is 11.5. The van der Waals surface area contributed by atoms with Gasteiger partial charge in [-0.15, -0.1) is 0 Å². The number of rotatable bonds is 10. The summed E-state index contributed by atoms with van der Waals surface area (Å²) in [5.74, 6) is 1.01. The summed E-state index contributed by atoms with van der Waals surface area (Å²) < 4.78 is 34.6. The van der Waals surface area contributed by atoms with Gasteiger partial charge in [-0.05, 0) is 59.5 Å². The fourth-order valence-electron chi connectivity index (χ4n) is 3.65. The topological polar surface area (TPSA) is 89.3 Å². The molecule has 0 saturated heterocycles. The Kier molecular flexibility index (Phi) is 8.42. The molecule has 1 heterocycles. The largest absolute Gasteiger partial charge is 0.491 e. The predicted octanol–water partition coefficient (Wildman–Crippen LogP) is 5.84. The zero-order valence-corrected chi connectivity index (χ0v) is 21.9. The van der Waals surface area contributed by atoms with Gasteiger partial charge in [0.2, 0.25) is 0 Å². The standard InChI is InChI=1S/C27H29ClN2O4S/c1-5-12-33-26-20(16-29)14-22(15-25(26)28)27(2,3)21-6-8-24(9-7-21)34-17-19-10-11-30-23(13-19)18-35(4,31)32/h6-11,13-15H,5,12,17-18H2,1-4H3. The Morgan fingerprint density at radius 2 is 1.77 bits per heavy atom. The first kappa shape index (κ1) is 26.5. The predicted molar refractivity (Wildman–Crippen MR) is 138 cm³/mol. The minimum atomic E-state index is -3.15. The molecule has 0 atom stereocenters. The number of hydrogen-bond acceptors (Lipinski definition) is 6. The Bertz CT molecular complexity index is 1330. The third-order valence-corrected chi connectivity index (χ3v) is 6.71. The van der Waals surface area contributed by atoms with Gasteiger partial charge in [-0.2, -0.15) is 5.26 Å². The van der Waals surface area contributed by atoms with Crippen molar-refractivity contribution >= 4 is 21.4 Å². The van der Waals surface area contributed by atoms with Gasteiger partial charge in [0.1, 0.15) is 18.4 Å². The molecule has 3 rings (SSSR count). The summed E-state index contributed by atoms with van der Waals surface area (Å²) in [6.07, 6.45) is 3.60. The van der Waals surface area contributed by atoms with Crippen LogP contribution in [0.4, 0.5) is 0 Å². The highest BCUT2D eigenvalue weighted by Gasteiger charge is 2.26. The number of hydrogen-bond donors (Lipinski definition) is 0. The van der Waals surface area contributed by atoms with E-state index in [1.165, 1.54) is 6.26 Å². The average molecular weight is 513 g/mol. The average Bonchev–Trinajstić information content (AvgIpc) is 2.81. The van der Waals surface area contributed by atoms with Crippen LogP contribution in [0.15, 0.2) is 54.7 Å². The van der Waals surface area contributed by atoms with Crippen molar-refractivity contribution in [2.75, 3.05) is 12.9 Å². The fourth-order valence-corrected chi connectivity index (χ4v) is 4.62. The second-order valence-electron chi connectivity index (χ2n) is 8.96. The Morgan fingerprint density at radius 1 is 1.06 bits per heavy atom. The molecule has 0 radical (unpaired) electrons. The van der Waals surface area contributed by atoms with Crippen molar-refractivity contribution in [2.45, 2.75) is 45.0 Å². The number of benzene rings is 2. The van der Waals surface area contributed by atoms with E-state index in [0.29, 0.717) is 41.0 Å². The number of aromatic nitrogens is 1. The van der Waals surface area contributed by atoms with Crippen LogP contribution in [0, 0.1) is 11.3 Å². The Balaban J connectivity index is 1.75. The molecule has 2 aromatic carbocycles. The van der Waals surface area contributed by atoms with Crippen LogP contribution < -0.4 is 9.47 Å². The number of ether oxygens (including phenoxy) is 2. The first-order valence-corrected chi connectivity index (χ1v) is 13.7. The van der Waals surface area contributed by atoms with Crippen molar-refractivity contribution in [3.63, 3.8) is 0 Å². The molecule has 0 bridgehead atoms. The van der Waals surface area contributed by atoms with E-state index >= 15 is 0 Å². The Labute approximate surface area is 212 Å². The van der Waals surface area contributed by atoms with Gasteiger partial charge in [0.15, 0.2) is 15.6 Å². The molecule has 184 valence electrons. The van der Waals surface area contributed by atoms with E-state index in [9.17, 15) is 13.7 Å². The van der Waals surface area contributed by atoms with E-state index in [2.05, 4.69) is 24.9 Å². The third-order valence-electron chi connectivity index (χ3n) is 5.61. The molecule has 6 nitrogen and oxygen atoms in total. The molecular weight excluding hydrogens is 484 g/mol. The number of sulfone groups is 1. The quantitative estimate of drug-likeness (QED) is 0.338. The SMILES string of the molecule is CCCOc1c(Cl)cc(C(C)(C)c2ccc(OCc3ccnc(CS(C)(=O)=O)c3)cc2)cc1C#N. The summed E-state index contributed by atoms with van der Waals surface area (Å²) in [6, 6.07) is 17.2. The number of nitrogens with zero attached hydrogens (tertiary/aromatic N) is 2. The Hall–Kier alpha value is -3.08. The molecule has 3 aromatic rings. The lowest BCUT2D eigenvalue weighted by Crippen LogP contribution is -2.19. The second kappa shape index (κ2) is 11.1. The van der Waals surface area contributed by atoms with Gasteiger partial charge in [-0.1, -0.05) is 44.5 Å². The fraction of sp³-hybridized carbons (Fsp3) is 0.333. The highest BCUT2D eigenvalue weighted by atomic mass is 35.5. The first-order chi connectivity index (χ1) is 16.5. The molecule has 0 unspecified atom stereocenters. The van der Waals surface area contributed by atoms with Gasteiger partial charge in [0.25, 0.3) is 0 Å². The van der Waals surface area contributed by atoms with E-state index in [4.69, 9.17) is 21.1 Å². The zero-order chi connectivity index (χ0) is 25.6. The van der Waals surface area contributed by atoms with Crippen molar-refractivity contribution in [3.8, 4) is 17.6 Å². The third kappa shape index (κ3) is 6.97. The number of nitriles is 1. The molecule has 0 N–H and O–H groups in total. The van der Waals surface area contributed by atoms with Gasteiger partial charge in [0.05, 0.1) is 28.6 Å². The smallest absolute Gasteiger partial charge is 0.155 e. The van der Waals surface area contributed by atoms with Crippen LogP contribution in [-0.2, 0) is 27.6 Å². The van der Waals surface area contributed by atoms with Gasteiger partial charge in [-0.25, -0.2) is 8.42 Å². The summed E-state index contributed by atoms with van der Waals surface area (Å²) in [5.41, 5.74) is 3.28. The normalized spacial score (nSPS) is 11.7. The van der Waals surface area contributed by atoms with Crippen molar-refractivity contribution in [2.24, 2.45) is 0 Å². The van der Waals surface area contributed by atoms with E-state index < -0.39 is 15.3 Å². The molecule has 0 spiro atoms. The summed E-state index contributed by atoms with van der Waals surface area (Å²) in [4.78, 5) is 4.11. The van der Waals surface area contributed by atoms with Crippen LogP contribution in [-0.4, -0.2) is 26.3 Å². The molecule has 0 aliphatic rings. The molecular formula is C27H29ClN2O4S. The van der Waals surface area contributed by atoms with Gasteiger partial charge < -0.3 is 9.47 Å². The first-order valence-electron chi connectivity index (χ1n) is 11.2. The number of pyridine rings is 1. The number of halogens is 1. The maximum atomic E-state index is 11.5. The lowest BCUT2D eigenvalue weighted by Gasteiger charge is -2.27. The zero-order valence-electron chi connectivity index (χ0n) is 20.3. The minimum Gasteiger partial charge on any atom is -0.491 e. The van der Waals surface area contributed by atoms with Crippen LogP contribution in [0.25, 0.3) is 0 Å². The maximum Gasteiger partial charge on any atom is 0.155 e. The molecule has 0 aliphatic carbocycles. The van der Waals surface area contributed by atoms with E-state index in [-0.39, 0.29) is 5.75 Å². The Morgan fingerprint density at radius 3 is 2.40 bits per heavy atom. The van der Waals surface area contributed by atoms with Crippen LogP contribution in [0.3, 0.4) is 0 Å². The van der Waals surface area contributed by atoms with Gasteiger partial charge in [-0.3, -0.25) is 4.98 Å². The van der Waals surface area contributed by atoms with Crippen LogP contribution in [0.2, 0.25) is 5.02 Å². The van der Waals surface area contributed by atoms with Crippen LogP contribution in [0.5, 0.6) is 11.5 Å². The molecule has 0 saturated carbocycles. The highest BCUT2D eigenvalue weighted by molar-refractivity contribution is 7.89. The van der Waals surface area contributed by atoms with Crippen molar-refractivity contribution in [3.05, 3.63) is 87.7 Å². The van der Waals surface area contributed by atoms with E-state index in [1.807, 2.05) is 43.3 Å². The molecule has 1 aromatic heterocycles. The summed E-state index contributed by atoms with van der Waals surface area (Å²) in [7, 11) is -3.15. The van der Waals surface area contributed by atoms with Crippen molar-refractivity contribution in [1.29, 1.82) is 5.26 Å². The second-order valence-corrected chi connectivity index (χ2v) is 11.5. The van der Waals surface area contributed by atoms with Crippen molar-refractivity contribution < 1.29 is 17.9 Å². The molecule has 0 fully saturated rings. The van der Waals surface area contributed by atoms with Crippen molar-refractivity contribution in [1.82, 2.24) is 4.98 Å². The molecule has 8 heteroatoms. The lowest BCUT2D eigenvalue weighted by molar-refractivity contribution is 0.306. The van der Waals surface area contributed by atoms with Gasteiger partial charge >= 0.3 is 0 Å². The lowest BCUT2D eigenvalue weighted by atomic mass is 9.77. The minimum absolute atomic E-state index is 0.103. The van der Waals surface area contributed by atoms with E-state index in [0.717, 1.165) is 23.1 Å². The highest BCUT2D eigenvalue weighted by Crippen LogP contribution is 2.38. The monoisotopic (exact) mass is 512 g/mol. The van der Waals surface area contributed by atoms with Crippen LogP contribution >= 0.6 is 11.6 Å². The summed E-state index contributed by atoms with van der Waals surface area (Å²) >= 11 is 6.48. The summed E-state index contributed by atoms with van der Waals surface area (Å²) in [6.45, 7) is 6.93. The molecule has 35 heavy (non-hydrogen) atoms. The van der Waals surface area contributed by atoms with Gasteiger partial charge in [0, 0.05) is 17.9 Å². The van der Waals surface area contributed by atoms with Crippen LogP contribution in [0.1, 0.15) is 55.1 Å². The summed E-state index contributed by atoms with van der Waals surface area (Å²) in [5, 5.41) is 10.1. The molecule has 0 amide bonds.